The van der Waals surface area contributed by atoms with Crippen molar-refractivity contribution in [2.45, 2.75) is 27.2 Å². The molecule has 0 atom stereocenters. The third kappa shape index (κ3) is 5.37. The lowest BCUT2D eigenvalue weighted by Gasteiger charge is -2.16. The summed E-state index contributed by atoms with van der Waals surface area (Å²) >= 11 is 6.07. The van der Waals surface area contributed by atoms with Crippen LogP contribution in [0.2, 0.25) is 5.28 Å². The number of rotatable bonds is 9. The molecule has 8 heteroatoms. The smallest absolute Gasteiger partial charge is 0.225 e. The van der Waals surface area contributed by atoms with Gasteiger partial charge in [0.15, 0.2) is 5.82 Å². The third-order valence-electron chi connectivity index (χ3n) is 3.44. The summed E-state index contributed by atoms with van der Waals surface area (Å²) in [5.41, 5.74) is 2.56. The highest BCUT2D eigenvalue weighted by atomic mass is 35.5. The van der Waals surface area contributed by atoms with E-state index in [9.17, 15) is 0 Å². The van der Waals surface area contributed by atoms with Crippen molar-refractivity contribution in [3.8, 4) is 0 Å². The topological polar surface area (TPSA) is 95.8 Å². The number of aromatic nitrogens is 3. The molecule has 0 bridgehead atoms. The molecule has 0 aliphatic carbocycles. The second-order valence-corrected chi connectivity index (χ2v) is 5.70. The Labute approximate surface area is 152 Å². The van der Waals surface area contributed by atoms with Crippen LogP contribution in [0.4, 0.5) is 17.3 Å². The number of nitrogens with one attached hydrogen (secondary N) is 3. The first-order valence-corrected chi connectivity index (χ1v) is 8.59. The summed E-state index contributed by atoms with van der Waals surface area (Å²) in [7, 11) is 0. The Morgan fingerprint density at radius 2 is 2.12 bits per heavy atom. The average molecular weight is 363 g/mol. The van der Waals surface area contributed by atoms with Gasteiger partial charge in [-0.25, -0.2) is 9.97 Å². The molecule has 0 saturated heterocycles. The molecule has 2 rings (SSSR count). The molecule has 0 unspecified atom stereocenters. The lowest BCUT2D eigenvalue weighted by molar-refractivity contribution is 0.158. The van der Waals surface area contributed by atoms with Gasteiger partial charge in [0.1, 0.15) is 17.2 Å². The van der Waals surface area contributed by atoms with E-state index in [-0.39, 0.29) is 5.28 Å². The molecular formula is C17H23ClN6O. The van der Waals surface area contributed by atoms with Gasteiger partial charge in [0.25, 0.3) is 0 Å². The molecule has 0 amide bonds. The van der Waals surface area contributed by atoms with Crippen molar-refractivity contribution >= 4 is 34.6 Å². The van der Waals surface area contributed by atoms with Gasteiger partial charge in [0, 0.05) is 19.3 Å². The molecule has 0 fully saturated rings. The van der Waals surface area contributed by atoms with E-state index in [4.69, 9.17) is 21.7 Å². The van der Waals surface area contributed by atoms with Gasteiger partial charge < -0.3 is 20.8 Å². The van der Waals surface area contributed by atoms with Crippen molar-refractivity contribution in [2.24, 2.45) is 0 Å². The van der Waals surface area contributed by atoms with Crippen LogP contribution in [0.15, 0.2) is 18.3 Å². The van der Waals surface area contributed by atoms with Crippen LogP contribution in [0, 0.1) is 12.3 Å². The molecule has 25 heavy (non-hydrogen) atoms. The molecule has 0 aliphatic heterocycles. The summed E-state index contributed by atoms with van der Waals surface area (Å²) in [5.74, 6) is 1.14. The summed E-state index contributed by atoms with van der Waals surface area (Å²) in [6, 6.07) is 3.82. The summed E-state index contributed by atoms with van der Waals surface area (Å²) in [5, 5.41) is 14.7. The normalized spacial score (nSPS) is 10.6. The molecule has 134 valence electrons. The quantitative estimate of drug-likeness (QED) is 0.356. The van der Waals surface area contributed by atoms with Crippen molar-refractivity contribution in [2.75, 3.05) is 30.4 Å². The highest BCUT2D eigenvalue weighted by Gasteiger charge is 2.17. The minimum atomic E-state index is 0.0821. The predicted molar refractivity (Wildman–Crippen MR) is 101 cm³/mol. The van der Waals surface area contributed by atoms with Crippen LogP contribution in [-0.4, -0.2) is 40.4 Å². The van der Waals surface area contributed by atoms with Gasteiger partial charge in [0.2, 0.25) is 5.28 Å². The van der Waals surface area contributed by atoms with Crippen LogP contribution in [-0.2, 0) is 4.74 Å². The molecule has 0 radical (unpaired) electrons. The van der Waals surface area contributed by atoms with Crippen LogP contribution in [0.25, 0.3) is 0 Å². The van der Waals surface area contributed by atoms with Crippen molar-refractivity contribution in [3.63, 3.8) is 0 Å². The molecule has 0 spiro atoms. The molecule has 2 heterocycles. The molecule has 7 nitrogen and oxygen atoms in total. The Morgan fingerprint density at radius 1 is 1.32 bits per heavy atom. The van der Waals surface area contributed by atoms with Crippen LogP contribution in [0.1, 0.15) is 31.5 Å². The lowest BCUT2D eigenvalue weighted by atomic mass is 10.1. The number of nitrogens with zero attached hydrogens (tertiary/aromatic N) is 3. The van der Waals surface area contributed by atoms with E-state index in [2.05, 4.69) is 25.6 Å². The molecule has 2 aromatic rings. The first kappa shape index (κ1) is 19.1. The summed E-state index contributed by atoms with van der Waals surface area (Å²) in [6.07, 6.45) is 2.26. The highest BCUT2D eigenvalue weighted by molar-refractivity contribution is 6.28. The zero-order valence-electron chi connectivity index (χ0n) is 14.7. The summed E-state index contributed by atoms with van der Waals surface area (Å²) in [6.45, 7) is 7.59. The number of anilines is 3. The van der Waals surface area contributed by atoms with Gasteiger partial charge >= 0.3 is 0 Å². The Morgan fingerprint density at radius 3 is 2.80 bits per heavy atom. The highest BCUT2D eigenvalue weighted by Crippen LogP contribution is 2.28. The van der Waals surface area contributed by atoms with Crippen molar-refractivity contribution in [3.05, 3.63) is 34.9 Å². The molecule has 2 aromatic heterocycles. The second-order valence-electron chi connectivity index (χ2n) is 5.36. The predicted octanol–water partition coefficient (Wildman–Crippen LogP) is 3.80. The van der Waals surface area contributed by atoms with Gasteiger partial charge in [-0.3, -0.25) is 0 Å². The van der Waals surface area contributed by atoms with E-state index in [1.165, 1.54) is 0 Å². The largest absolute Gasteiger partial charge is 0.380 e. The van der Waals surface area contributed by atoms with Gasteiger partial charge in [-0.2, -0.15) is 4.98 Å². The van der Waals surface area contributed by atoms with E-state index in [0.29, 0.717) is 54.9 Å². The number of pyridine rings is 1. The number of ether oxygens (including phenoxy) is 1. The number of hydrogen-bond donors (Lipinski definition) is 3. The Balaban J connectivity index is 2.37. The maximum absolute atomic E-state index is 8.18. The summed E-state index contributed by atoms with van der Waals surface area (Å²) < 4.78 is 5.36. The third-order valence-corrected chi connectivity index (χ3v) is 3.60. The first-order valence-electron chi connectivity index (χ1n) is 8.21. The Hall–Kier alpha value is -2.25. The lowest BCUT2D eigenvalue weighted by Crippen LogP contribution is -2.16. The summed E-state index contributed by atoms with van der Waals surface area (Å²) in [4.78, 5) is 12.8. The number of aryl methyl sites for hydroxylation is 1. The molecule has 3 N–H and O–H groups in total. The Kier molecular flexibility index (Phi) is 7.09. The maximum atomic E-state index is 8.18. The van der Waals surface area contributed by atoms with E-state index in [1.807, 2.05) is 32.9 Å². The number of halogens is 1. The van der Waals surface area contributed by atoms with E-state index < -0.39 is 0 Å². The fourth-order valence-corrected chi connectivity index (χ4v) is 2.36. The molecule has 0 aliphatic rings. The minimum absolute atomic E-state index is 0.0821. The molecule has 0 aromatic carbocycles. The fourth-order valence-electron chi connectivity index (χ4n) is 2.20. The Bertz CT molecular complexity index is 737. The molecular weight excluding hydrogens is 340 g/mol. The fraction of sp³-hybridized carbons (Fsp3) is 0.412. The van der Waals surface area contributed by atoms with Gasteiger partial charge in [0.05, 0.1) is 12.3 Å². The SMILES string of the molecule is CCOCCNc1c(Nc2cc(C)ccn2)nc(Cl)nc1C(=N)CC. The van der Waals surface area contributed by atoms with E-state index >= 15 is 0 Å². The van der Waals surface area contributed by atoms with Crippen LogP contribution >= 0.6 is 11.6 Å². The average Bonchev–Trinajstić information content (AvgIpc) is 2.59. The molecule has 0 saturated carbocycles. The zero-order chi connectivity index (χ0) is 18.2. The van der Waals surface area contributed by atoms with Crippen molar-refractivity contribution in [1.29, 1.82) is 5.41 Å². The second kappa shape index (κ2) is 9.29. The van der Waals surface area contributed by atoms with Gasteiger partial charge in [-0.05, 0) is 49.6 Å². The number of hydrogen-bond acceptors (Lipinski definition) is 7. The zero-order valence-corrected chi connectivity index (χ0v) is 15.4. The van der Waals surface area contributed by atoms with Crippen molar-refractivity contribution in [1.82, 2.24) is 15.0 Å². The van der Waals surface area contributed by atoms with E-state index in [1.54, 1.807) is 6.20 Å². The van der Waals surface area contributed by atoms with Gasteiger partial charge in [-0.1, -0.05) is 6.92 Å². The monoisotopic (exact) mass is 362 g/mol. The van der Waals surface area contributed by atoms with Crippen LogP contribution in [0.3, 0.4) is 0 Å². The standard InChI is InChI=1S/C17H23ClN6O/c1-4-12(19)14-15(21-8-9-25-5-2)16(24-17(18)23-14)22-13-10-11(3)6-7-20-13/h6-7,10,19,21H,4-5,8-9H2,1-3H3,(H,20,22,23,24). The van der Waals surface area contributed by atoms with Gasteiger partial charge in [-0.15, -0.1) is 0 Å². The van der Waals surface area contributed by atoms with E-state index in [0.717, 1.165) is 5.56 Å². The minimum Gasteiger partial charge on any atom is -0.380 e. The maximum Gasteiger partial charge on any atom is 0.225 e. The van der Waals surface area contributed by atoms with Crippen LogP contribution < -0.4 is 10.6 Å². The van der Waals surface area contributed by atoms with Crippen molar-refractivity contribution < 1.29 is 4.74 Å². The first-order chi connectivity index (χ1) is 12.0. The van der Waals surface area contributed by atoms with Crippen LogP contribution in [0.5, 0.6) is 0 Å².